The highest BCUT2D eigenvalue weighted by Crippen LogP contribution is 2.23. The zero-order chi connectivity index (χ0) is 14.5. The highest BCUT2D eigenvalue weighted by atomic mass is 14.9. The van der Waals surface area contributed by atoms with Crippen LogP contribution in [0.2, 0.25) is 0 Å². The van der Waals surface area contributed by atoms with Crippen LogP contribution in [0, 0.1) is 12.8 Å². The molecule has 0 aliphatic rings. The van der Waals surface area contributed by atoms with Crippen molar-refractivity contribution in [3.63, 3.8) is 0 Å². The quantitative estimate of drug-likeness (QED) is 0.817. The maximum absolute atomic E-state index is 5.82. The van der Waals surface area contributed by atoms with Gasteiger partial charge >= 0.3 is 0 Å². The van der Waals surface area contributed by atoms with E-state index in [2.05, 4.69) is 43.2 Å². The van der Waals surface area contributed by atoms with Gasteiger partial charge in [-0.25, -0.2) is 0 Å². The van der Waals surface area contributed by atoms with E-state index in [1.54, 1.807) is 0 Å². The summed E-state index contributed by atoms with van der Waals surface area (Å²) in [5, 5.41) is 3.60. The fourth-order valence-electron chi connectivity index (χ4n) is 2.40. The fraction of sp³-hybridized carbons (Fsp3) is 0.353. The van der Waals surface area contributed by atoms with Crippen LogP contribution in [0.1, 0.15) is 36.7 Å². The van der Waals surface area contributed by atoms with Gasteiger partial charge in [-0.2, -0.15) is 0 Å². The summed E-state index contributed by atoms with van der Waals surface area (Å²) in [5.41, 5.74) is 10.2. The molecule has 0 saturated heterocycles. The van der Waals surface area contributed by atoms with E-state index in [9.17, 15) is 0 Å². The molecule has 0 bridgehead atoms. The Bertz CT molecular complexity index is 564. The number of nitrogens with one attached hydrogen (secondary N) is 1. The molecule has 3 N–H and O–H groups in total. The second kappa shape index (κ2) is 6.53. The zero-order valence-electron chi connectivity index (χ0n) is 12.4. The number of hydrogen-bond acceptors (Lipinski definition) is 3. The summed E-state index contributed by atoms with van der Waals surface area (Å²) in [7, 11) is 0. The van der Waals surface area contributed by atoms with Gasteiger partial charge in [0.2, 0.25) is 0 Å². The van der Waals surface area contributed by atoms with Crippen molar-refractivity contribution in [2.75, 3.05) is 5.73 Å². The number of hydrogen-bond donors (Lipinski definition) is 2. The molecule has 106 valence electrons. The topological polar surface area (TPSA) is 50.9 Å². The van der Waals surface area contributed by atoms with E-state index >= 15 is 0 Å². The van der Waals surface area contributed by atoms with Crippen molar-refractivity contribution in [2.45, 2.75) is 33.4 Å². The molecule has 0 radical (unpaired) electrons. The number of benzene rings is 1. The lowest BCUT2D eigenvalue weighted by atomic mass is 9.97. The Morgan fingerprint density at radius 2 is 2.00 bits per heavy atom. The van der Waals surface area contributed by atoms with Crippen LogP contribution in [0.3, 0.4) is 0 Å². The summed E-state index contributed by atoms with van der Waals surface area (Å²) in [6.07, 6.45) is 1.86. The van der Waals surface area contributed by atoms with Gasteiger partial charge in [0.25, 0.3) is 0 Å². The maximum atomic E-state index is 5.82. The standard InChI is InChI=1S/C17H23N3/c1-12(2)16(17-13(3)6-5-9-19-17)20-11-14-7-4-8-15(18)10-14/h4-10,12,16,20H,11,18H2,1-3H3. The largest absolute Gasteiger partial charge is 0.399 e. The summed E-state index contributed by atoms with van der Waals surface area (Å²) in [4.78, 5) is 4.54. The summed E-state index contributed by atoms with van der Waals surface area (Å²) >= 11 is 0. The smallest absolute Gasteiger partial charge is 0.0604 e. The molecule has 1 unspecified atom stereocenters. The molecule has 1 aromatic heterocycles. The molecule has 1 heterocycles. The molecule has 0 amide bonds. The van der Waals surface area contributed by atoms with Gasteiger partial charge in [0, 0.05) is 18.4 Å². The lowest BCUT2D eigenvalue weighted by Gasteiger charge is -2.23. The van der Waals surface area contributed by atoms with E-state index in [4.69, 9.17) is 5.73 Å². The van der Waals surface area contributed by atoms with Crippen molar-refractivity contribution in [3.05, 3.63) is 59.4 Å². The van der Waals surface area contributed by atoms with Crippen molar-refractivity contribution >= 4 is 5.69 Å². The Kier molecular flexibility index (Phi) is 4.74. The SMILES string of the molecule is Cc1cccnc1C(NCc1cccc(N)c1)C(C)C. The van der Waals surface area contributed by atoms with Gasteiger partial charge in [-0.3, -0.25) is 4.98 Å². The lowest BCUT2D eigenvalue weighted by molar-refractivity contribution is 0.400. The highest BCUT2D eigenvalue weighted by molar-refractivity contribution is 5.40. The molecule has 0 aliphatic heterocycles. The molecule has 2 aromatic rings. The molecule has 2 rings (SSSR count). The van der Waals surface area contributed by atoms with E-state index < -0.39 is 0 Å². The summed E-state index contributed by atoms with van der Waals surface area (Å²) in [5.74, 6) is 0.477. The van der Waals surface area contributed by atoms with E-state index in [1.807, 2.05) is 30.5 Å². The van der Waals surface area contributed by atoms with E-state index in [1.165, 1.54) is 11.1 Å². The van der Waals surface area contributed by atoms with Gasteiger partial charge in [-0.05, 0) is 42.2 Å². The minimum absolute atomic E-state index is 0.248. The number of aromatic nitrogens is 1. The molecular weight excluding hydrogens is 246 g/mol. The third-order valence-electron chi connectivity index (χ3n) is 3.49. The summed E-state index contributed by atoms with van der Waals surface area (Å²) in [6, 6.07) is 12.3. The molecule has 1 aromatic carbocycles. The predicted octanol–water partition coefficient (Wildman–Crippen LogP) is 3.46. The van der Waals surface area contributed by atoms with Gasteiger partial charge in [0.15, 0.2) is 0 Å². The van der Waals surface area contributed by atoms with Crippen LogP contribution in [0.5, 0.6) is 0 Å². The first-order chi connectivity index (χ1) is 9.58. The molecule has 3 heteroatoms. The van der Waals surface area contributed by atoms with Crippen molar-refractivity contribution in [2.24, 2.45) is 5.92 Å². The number of aryl methyl sites for hydroxylation is 1. The molecular formula is C17H23N3. The Morgan fingerprint density at radius 1 is 1.20 bits per heavy atom. The summed E-state index contributed by atoms with van der Waals surface area (Å²) in [6.45, 7) is 7.33. The third-order valence-corrected chi connectivity index (χ3v) is 3.49. The Labute approximate surface area is 121 Å². The van der Waals surface area contributed by atoms with E-state index in [0.717, 1.165) is 17.9 Å². The first-order valence-electron chi connectivity index (χ1n) is 7.07. The van der Waals surface area contributed by atoms with Gasteiger partial charge in [0.1, 0.15) is 0 Å². The molecule has 0 fully saturated rings. The van der Waals surface area contributed by atoms with Crippen LogP contribution in [0.25, 0.3) is 0 Å². The third kappa shape index (κ3) is 3.58. The monoisotopic (exact) mass is 269 g/mol. The second-order valence-electron chi connectivity index (χ2n) is 5.55. The first-order valence-corrected chi connectivity index (χ1v) is 7.07. The van der Waals surface area contributed by atoms with Crippen molar-refractivity contribution in [1.29, 1.82) is 0 Å². The van der Waals surface area contributed by atoms with Crippen molar-refractivity contribution < 1.29 is 0 Å². The number of nitrogen functional groups attached to an aromatic ring is 1. The lowest BCUT2D eigenvalue weighted by Crippen LogP contribution is -2.27. The van der Waals surface area contributed by atoms with Crippen molar-refractivity contribution in [1.82, 2.24) is 10.3 Å². The van der Waals surface area contributed by atoms with Gasteiger partial charge in [0.05, 0.1) is 11.7 Å². The minimum Gasteiger partial charge on any atom is -0.399 e. The minimum atomic E-state index is 0.248. The molecule has 20 heavy (non-hydrogen) atoms. The average Bonchev–Trinajstić information content (AvgIpc) is 2.40. The molecule has 1 atom stereocenters. The summed E-state index contributed by atoms with van der Waals surface area (Å²) < 4.78 is 0. The van der Waals surface area contributed by atoms with Crippen LogP contribution in [-0.2, 0) is 6.54 Å². The molecule has 0 aliphatic carbocycles. The number of nitrogens with zero attached hydrogens (tertiary/aromatic N) is 1. The maximum Gasteiger partial charge on any atom is 0.0604 e. The van der Waals surface area contributed by atoms with Crippen LogP contribution < -0.4 is 11.1 Å². The van der Waals surface area contributed by atoms with E-state index in [0.29, 0.717) is 5.92 Å². The van der Waals surface area contributed by atoms with Gasteiger partial charge in [-0.15, -0.1) is 0 Å². The first kappa shape index (κ1) is 14.5. The number of rotatable bonds is 5. The predicted molar refractivity (Wildman–Crippen MR) is 84.2 cm³/mol. The van der Waals surface area contributed by atoms with Crippen LogP contribution in [0.4, 0.5) is 5.69 Å². The van der Waals surface area contributed by atoms with E-state index in [-0.39, 0.29) is 6.04 Å². The van der Waals surface area contributed by atoms with Crippen LogP contribution in [-0.4, -0.2) is 4.98 Å². The Morgan fingerprint density at radius 3 is 2.65 bits per heavy atom. The highest BCUT2D eigenvalue weighted by Gasteiger charge is 2.18. The second-order valence-corrected chi connectivity index (χ2v) is 5.55. The Balaban J connectivity index is 2.13. The van der Waals surface area contributed by atoms with Crippen LogP contribution in [0.15, 0.2) is 42.6 Å². The van der Waals surface area contributed by atoms with Crippen molar-refractivity contribution in [3.8, 4) is 0 Å². The zero-order valence-corrected chi connectivity index (χ0v) is 12.4. The average molecular weight is 269 g/mol. The van der Waals surface area contributed by atoms with Crippen LogP contribution >= 0.6 is 0 Å². The fourth-order valence-corrected chi connectivity index (χ4v) is 2.40. The van der Waals surface area contributed by atoms with Gasteiger partial charge in [-0.1, -0.05) is 32.0 Å². The molecule has 0 saturated carbocycles. The molecule has 0 spiro atoms. The number of pyridine rings is 1. The van der Waals surface area contributed by atoms with Gasteiger partial charge < -0.3 is 11.1 Å². The number of nitrogens with two attached hydrogens (primary N) is 1. The molecule has 3 nitrogen and oxygen atoms in total. The normalized spacial score (nSPS) is 12.6. The number of anilines is 1. The Hall–Kier alpha value is -1.87.